The lowest BCUT2D eigenvalue weighted by atomic mass is 9.85. The van der Waals surface area contributed by atoms with E-state index in [1.165, 1.54) is 7.11 Å². The first-order chi connectivity index (χ1) is 24.0. The van der Waals surface area contributed by atoms with Gasteiger partial charge in [-0.1, -0.05) is 81.4 Å². The van der Waals surface area contributed by atoms with Gasteiger partial charge in [-0.05, 0) is 54.4 Å². The number of aliphatic hydroxyl groups is 1. The van der Waals surface area contributed by atoms with Gasteiger partial charge in [0.25, 0.3) is 0 Å². The van der Waals surface area contributed by atoms with Crippen molar-refractivity contribution in [2.45, 2.75) is 83.1 Å². The Morgan fingerprint density at radius 3 is 2.30 bits per heavy atom. The number of methoxy groups -OCH3 is 1. The molecule has 0 spiro atoms. The van der Waals surface area contributed by atoms with E-state index in [0.29, 0.717) is 13.0 Å². The van der Waals surface area contributed by atoms with E-state index in [2.05, 4.69) is 20.9 Å². The summed E-state index contributed by atoms with van der Waals surface area (Å²) in [4.78, 5) is 43.7. The van der Waals surface area contributed by atoms with Crippen LogP contribution in [0.5, 0.6) is 0 Å². The Balaban J connectivity index is 1.35. The number of hydrogen-bond donors (Lipinski definition) is 4. The van der Waals surface area contributed by atoms with Crippen LogP contribution in [0.25, 0.3) is 11.3 Å². The van der Waals surface area contributed by atoms with E-state index in [9.17, 15) is 19.5 Å². The Morgan fingerprint density at radius 2 is 1.62 bits per heavy atom. The van der Waals surface area contributed by atoms with Crippen molar-refractivity contribution in [2.24, 2.45) is 11.3 Å². The second-order valence-electron chi connectivity index (χ2n) is 14.0. The maximum atomic E-state index is 13.8. The maximum absolute atomic E-state index is 13.8. The SMILES string of the molecule is COC(=O)N[C@H](C(=O)N[C@@H](Cc1ccc(-c2ccccn2)cc1)[C@@H](O)C[C@H](Cc1ccccc1)NC(=O)O[C@H]1CO[C@@H]2OCC[C@@H]21)C(C)(C)C. The number of rotatable bonds is 13. The van der Waals surface area contributed by atoms with Crippen LogP contribution in [0.1, 0.15) is 44.7 Å². The van der Waals surface area contributed by atoms with E-state index in [4.69, 9.17) is 18.9 Å². The van der Waals surface area contributed by atoms with Crippen molar-refractivity contribution in [3.8, 4) is 11.3 Å². The standard InChI is InChI=1S/C38H48N4O8/c1-38(2,3)33(42-36(45)47-4)34(44)41-30(21-25-13-15-26(16-14-25)29-12-8-9-18-39-29)31(43)22-27(20-24-10-6-5-7-11-24)40-37(46)50-32-23-49-35-28(32)17-19-48-35/h5-16,18,27-28,30-33,35,43H,17,19-23H2,1-4H3,(H,40,46)(H,41,44)(H,42,45)/t27-,28+,30-,31-,32-,33+,35-/m0/s1. The molecule has 0 radical (unpaired) electrons. The van der Waals surface area contributed by atoms with E-state index >= 15 is 0 Å². The Bertz CT molecular complexity index is 1550. The first-order valence-electron chi connectivity index (χ1n) is 17.1. The number of carbonyl (C=O) groups is 3. The minimum atomic E-state index is -1.11. The minimum absolute atomic E-state index is 0.0167. The Hall–Kier alpha value is -4.52. The van der Waals surface area contributed by atoms with E-state index in [0.717, 1.165) is 28.8 Å². The number of aromatic nitrogens is 1. The predicted molar refractivity (Wildman–Crippen MR) is 186 cm³/mol. The molecule has 3 amide bonds. The third-order valence-corrected chi connectivity index (χ3v) is 9.15. The summed E-state index contributed by atoms with van der Waals surface area (Å²) in [7, 11) is 1.23. The number of fused-ring (bicyclic) bond motifs is 1. The Labute approximate surface area is 293 Å². The van der Waals surface area contributed by atoms with Crippen LogP contribution in [-0.4, -0.2) is 85.1 Å². The lowest BCUT2D eigenvalue weighted by Crippen LogP contribution is -2.58. The van der Waals surface area contributed by atoms with Gasteiger partial charge in [0.05, 0.1) is 44.1 Å². The molecule has 3 heterocycles. The van der Waals surface area contributed by atoms with Crippen molar-refractivity contribution in [1.82, 2.24) is 20.9 Å². The zero-order chi connectivity index (χ0) is 35.7. The summed E-state index contributed by atoms with van der Waals surface area (Å²) in [6, 6.07) is 20.8. The van der Waals surface area contributed by atoms with Gasteiger partial charge in [-0.3, -0.25) is 9.78 Å². The van der Waals surface area contributed by atoms with E-state index in [-0.39, 0.29) is 31.7 Å². The monoisotopic (exact) mass is 688 g/mol. The second-order valence-corrected chi connectivity index (χ2v) is 14.0. The molecule has 2 saturated heterocycles. The van der Waals surface area contributed by atoms with Gasteiger partial charge < -0.3 is 40.0 Å². The third-order valence-electron chi connectivity index (χ3n) is 9.15. The topological polar surface area (TPSA) is 157 Å². The highest BCUT2D eigenvalue weighted by molar-refractivity contribution is 5.86. The summed E-state index contributed by atoms with van der Waals surface area (Å²) in [5, 5.41) is 20.5. The zero-order valence-electron chi connectivity index (χ0n) is 29.0. The highest BCUT2D eigenvalue weighted by Gasteiger charge is 2.44. The van der Waals surface area contributed by atoms with Crippen LogP contribution < -0.4 is 16.0 Å². The summed E-state index contributed by atoms with van der Waals surface area (Å²) in [6.07, 6.45) is 0.0237. The van der Waals surface area contributed by atoms with Gasteiger partial charge in [-0.25, -0.2) is 9.59 Å². The van der Waals surface area contributed by atoms with Gasteiger partial charge >= 0.3 is 12.2 Å². The number of amides is 3. The van der Waals surface area contributed by atoms with Gasteiger partial charge in [0, 0.05) is 17.8 Å². The van der Waals surface area contributed by atoms with Crippen LogP contribution in [0.4, 0.5) is 9.59 Å². The highest BCUT2D eigenvalue weighted by atomic mass is 16.7. The smallest absolute Gasteiger partial charge is 0.407 e. The molecule has 268 valence electrons. The fourth-order valence-corrected chi connectivity index (χ4v) is 6.43. The van der Waals surface area contributed by atoms with Crippen molar-refractivity contribution in [3.63, 3.8) is 0 Å². The van der Waals surface area contributed by atoms with Crippen LogP contribution in [-0.2, 0) is 36.6 Å². The molecule has 1 aromatic heterocycles. The first-order valence-corrected chi connectivity index (χ1v) is 17.1. The maximum Gasteiger partial charge on any atom is 0.407 e. The molecule has 4 N–H and O–H groups in total. The van der Waals surface area contributed by atoms with Crippen LogP contribution >= 0.6 is 0 Å². The summed E-state index contributed by atoms with van der Waals surface area (Å²) in [5.74, 6) is -0.490. The fourth-order valence-electron chi connectivity index (χ4n) is 6.43. The van der Waals surface area contributed by atoms with Crippen LogP contribution in [0.2, 0.25) is 0 Å². The van der Waals surface area contributed by atoms with Crippen LogP contribution in [0, 0.1) is 11.3 Å². The molecule has 7 atom stereocenters. The lowest BCUT2D eigenvalue weighted by molar-refractivity contribution is -0.127. The molecule has 0 unspecified atom stereocenters. The van der Waals surface area contributed by atoms with Crippen molar-refractivity contribution in [2.75, 3.05) is 20.3 Å². The Morgan fingerprint density at radius 1 is 0.900 bits per heavy atom. The molecular weight excluding hydrogens is 640 g/mol. The molecule has 5 rings (SSSR count). The third kappa shape index (κ3) is 10.0. The Kier molecular flexibility index (Phi) is 12.4. The summed E-state index contributed by atoms with van der Waals surface area (Å²) in [6.45, 7) is 6.31. The summed E-state index contributed by atoms with van der Waals surface area (Å²) in [5.41, 5.74) is 2.90. The molecule has 0 bridgehead atoms. The molecule has 2 aromatic carbocycles. The number of ether oxygens (including phenoxy) is 4. The molecule has 50 heavy (non-hydrogen) atoms. The first kappa shape index (κ1) is 36.8. The van der Waals surface area contributed by atoms with Gasteiger partial charge in [0.1, 0.15) is 12.1 Å². The number of nitrogens with one attached hydrogen (secondary N) is 3. The largest absolute Gasteiger partial charge is 0.453 e. The van der Waals surface area contributed by atoms with Gasteiger partial charge in [0.2, 0.25) is 5.91 Å². The van der Waals surface area contributed by atoms with Crippen molar-refractivity contribution in [3.05, 3.63) is 90.1 Å². The number of aliphatic hydroxyl groups excluding tert-OH is 1. The molecule has 2 aliphatic heterocycles. The number of hydrogen-bond acceptors (Lipinski definition) is 9. The lowest BCUT2D eigenvalue weighted by Gasteiger charge is -2.33. The number of alkyl carbamates (subject to hydrolysis) is 2. The molecule has 12 nitrogen and oxygen atoms in total. The van der Waals surface area contributed by atoms with Crippen molar-refractivity contribution >= 4 is 18.1 Å². The predicted octanol–water partition coefficient (Wildman–Crippen LogP) is 4.40. The molecule has 12 heteroatoms. The number of pyridine rings is 1. The van der Waals surface area contributed by atoms with E-state index in [1.54, 1.807) is 6.20 Å². The molecule has 2 aliphatic rings. The summed E-state index contributed by atoms with van der Waals surface area (Å²) < 4.78 is 21.8. The molecular formula is C38H48N4O8. The normalized spacial score (nSPS) is 20.9. The van der Waals surface area contributed by atoms with Gasteiger partial charge in [0.15, 0.2) is 6.29 Å². The average molecular weight is 689 g/mol. The van der Waals surface area contributed by atoms with Crippen LogP contribution in [0.3, 0.4) is 0 Å². The molecule has 0 saturated carbocycles. The van der Waals surface area contributed by atoms with Gasteiger partial charge in [-0.15, -0.1) is 0 Å². The quantitative estimate of drug-likeness (QED) is 0.204. The van der Waals surface area contributed by atoms with E-state index < -0.39 is 53.8 Å². The second kappa shape index (κ2) is 16.9. The van der Waals surface area contributed by atoms with Crippen LogP contribution in [0.15, 0.2) is 79.0 Å². The molecule has 0 aliphatic carbocycles. The van der Waals surface area contributed by atoms with Crippen molar-refractivity contribution < 1.29 is 38.4 Å². The average Bonchev–Trinajstić information content (AvgIpc) is 3.72. The molecule has 2 fully saturated rings. The van der Waals surface area contributed by atoms with Gasteiger partial charge in [-0.2, -0.15) is 0 Å². The summed E-state index contributed by atoms with van der Waals surface area (Å²) >= 11 is 0. The zero-order valence-corrected chi connectivity index (χ0v) is 29.0. The number of benzene rings is 2. The molecule has 3 aromatic rings. The fraction of sp³-hybridized carbons (Fsp3) is 0.474. The number of carbonyl (C=O) groups excluding carboxylic acids is 3. The highest BCUT2D eigenvalue weighted by Crippen LogP contribution is 2.33. The van der Waals surface area contributed by atoms with E-state index in [1.807, 2.05) is 93.6 Å². The van der Waals surface area contributed by atoms with Crippen molar-refractivity contribution in [1.29, 1.82) is 0 Å². The minimum Gasteiger partial charge on any atom is -0.453 e. The number of nitrogens with zero attached hydrogens (tertiary/aromatic N) is 1.